The number of aromatic nitrogens is 3. The molecule has 0 saturated heterocycles. The first-order valence-electron chi connectivity index (χ1n) is 7.23. The number of nitrogens with zero attached hydrogens (tertiary/aromatic N) is 4. The average Bonchev–Trinajstić information content (AvgIpc) is 2.99. The van der Waals surface area contributed by atoms with Gasteiger partial charge in [-0.25, -0.2) is 9.38 Å². The molecule has 0 saturated carbocycles. The largest absolute Gasteiger partial charge is 0.383 e. The van der Waals surface area contributed by atoms with Crippen LogP contribution in [0.5, 0.6) is 0 Å². The fraction of sp³-hybridized carbons (Fsp3) is 0.400. The molecule has 0 amide bonds. The number of pyridine rings is 1. The average molecular weight is 308 g/mol. The lowest BCUT2D eigenvalue weighted by Crippen LogP contribution is -2.14. The highest BCUT2D eigenvalue weighted by Gasteiger charge is 2.08. The Hall–Kier alpha value is -2.44. The molecule has 0 spiro atoms. The lowest BCUT2D eigenvalue weighted by atomic mass is 10.2. The van der Waals surface area contributed by atoms with E-state index in [1.807, 2.05) is 46.7 Å². The topological polar surface area (TPSA) is 83.2 Å². The van der Waals surface area contributed by atoms with Gasteiger partial charge in [0.15, 0.2) is 5.82 Å². The number of hydrogen-bond donors (Lipinski definition) is 2. The van der Waals surface area contributed by atoms with E-state index in [4.69, 9.17) is 5.73 Å². The van der Waals surface area contributed by atoms with Gasteiger partial charge in [-0.2, -0.15) is 5.10 Å². The van der Waals surface area contributed by atoms with Gasteiger partial charge in [0.1, 0.15) is 17.3 Å². The maximum Gasteiger partial charge on any atom is 0.173 e. The molecule has 0 unspecified atom stereocenters. The summed E-state index contributed by atoms with van der Waals surface area (Å²) >= 11 is 0. The summed E-state index contributed by atoms with van der Waals surface area (Å²) in [7, 11) is 3.73. The molecule has 2 heterocycles. The maximum atomic E-state index is 13.0. The molecule has 0 aliphatic heterocycles. The SMILES string of the molecule is CC.CC.CN(C)c1cn[nH]c1/N=C(\N)c1cncc(F)c1. The van der Waals surface area contributed by atoms with Crippen LogP contribution in [0.3, 0.4) is 0 Å². The number of hydrogen-bond acceptors (Lipinski definition) is 4. The molecule has 22 heavy (non-hydrogen) atoms. The summed E-state index contributed by atoms with van der Waals surface area (Å²) in [5.74, 6) is 0.235. The molecule has 0 bridgehead atoms. The Morgan fingerprint density at radius 1 is 1.18 bits per heavy atom. The van der Waals surface area contributed by atoms with Crippen LogP contribution in [-0.2, 0) is 0 Å². The number of rotatable bonds is 3. The van der Waals surface area contributed by atoms with Gasteiger partial charge >= 0.3 is 0 Å². The molecular weight excluding hydrogens is 283 g/mol. The van der Waals surface area contributed by atoms with Crippen molar-refractivity contribution >= 4 is 17.3 Å². The summed E-state index contributed by atoms with van der Waals surface area (Å²) in [6, 6.07) is 1.28. The number of nitrogens with two attached hydrogens (primary N) is 1. The van der Waals surface area contributed by atoms with E-state index in [1.54, 1.807) is 6.20 Å². The molecule has 2 rings (SSSR count). The number of nitrogens with one attached hydrogen (secondary N) is 1. The van der Waals surface area contributed by atoms with Crippen molar-refractivity contribution in [1.82, 2.24) is 15.2 Å². The Labute approximate surface area is 131 Å². The zero-order valence-corrected chi connectivity index (χ0v) is 14.1. The van der Waals surface area contributed by atoms with Crippen LogP contribution in [0, 0.1) is 5.82 Å². The van der Waals surface area contributed by atoms with E-state index in [-0.39, 0.29) is 5.84 Å². The molecule has 6 nitrogen and oxygen atoms in total. The van der Waals surface area contributed by atoms with Crippen LogP contribution in [-0.4, -0.2) is 35.1 Å². The van der Waals surface area contributed by atoms with Crippen LogP contribution < -0.4 is 10.6 Å². The van der Waals surface area contributed by atoms with Gasteiger partial charge in [-0.3, -0.25) is 10.1 Å². The monoisotopic (exact) mass is 308 g/mol. The van der Waals surface area contributed by atoms with E-state index in [2.05, 4.69) is 20.2 Å². The molecule has 2 aromatic rings. The fourth-order valence-corrected chi connectivity index (χ4v) is 1.42. The van der Waals surface area contributed by atoms with Crippen molar-refractivity contribution in [3.8, 4) is 0 Å². The van der Waals surface area contributed by atoms with Crippen LogP contribution in [0.4, 0.5) is 15.9 Å². The van der Waals surface area contributed by atoms with E-state index in [1.165, 1.54) is 12.3 Å². The second kappa shape index (κ2) is 10.3. The Morgan fingerprint density at radius 3 is 2.36 bits per heavy atom. The number of amidine groups is 1. The summed E-state index contributed by atoms with van der Waals surface area (Å²) in [6.07, 6.45) is 4.20. The zero-order chi connectivity index (χ0) is 17.1. The van der Waals surface area contributed by atoms with E-state index in [9.17, 15) is 4.39 Å². The number of aliphatic imine (C=N–C) groups is 1. The van der Waals surface area contributed by atoms with Crippen LogP contribution >= 0.6 is 0 Å². The Balaban J connectivity index is 0.00000102. The van der Waals surface area contributed by atoms with Gasteiger partial charge in [-0.1, -0.05) is 27.7 Å². The number of anilines is 1. The standard InChI is InChI=1S/C11H13FN6.2C2H6/c1-18(2)9-6-15-17-11(9)16-10(13)7-3-8(12)5-14-4-7;2*1-2/h3-6H,1-2H3,(H3,13,15,16,17);2*1-2H3. The van der Waals surface area contributed by atoms with Gasteiger partial charge in [-0.15, -0.1) is 0 Å². The second-order valence-corrected chi connectivity index (χ2v) is 3.89. The van der Waals surface area contributed by atoms with E-state index in [0.717, 1.165) is 11.9 Å². The van der Waals surface area contributed by atoms with E-state index >= 15 is 0 Å². The number of aromatic amines is 1. The maximum absolute atomic E-state index is 13.0. The first kappa shape index (κ1) is 19.6. The molecule has 2 aromatic heterocycles. The summed E-state index contributed by atoms with van der Waals surface area (Å²) in [5.41, 5.74) is 7.02. The molecule has 0 atom stereocenters. The third kappa shape index (κ3) is 5.51. The Kier molecular flexibility index (Phi) is 9.17. The summed E-state index contributed by atoms with van der Waals surface area (Å²) in [5, 5.41) is 6.62. The van der Waals surface area contributed by atoms with Crippen molar-refractivity contribution in [2.24, 2.45) is 10.7 Å². The highest BCUT2D eigenvalue weighted by Crippen LogP contribution is 2.23. The number of halogens is 1. The quantitative estimate of drug-likeness (QED) is 0.674. The summed E-state index contributed by atoms with van der Waals surface area (Å²) < 4.78 is 13.0. The van der Waals surface area contributed by atoms with Gasteiger partial charge < -0.3 is 10.6 Å². The van der Waals surface area contributed by atoms with E-state index in [0.29, 0.717) is 11.4 Å². The fourth-order valence-electron chi connectivity index (χ4n) is 1.42. The van der Waals surface area contributed by atoms with Gasteiger partial charge in [0.05, 0.1) is 12.4 Å². The minimum Gasteiger partial charge on any atom is -0.383 e. The Bertz CT molecular complexity index is 577. The van der Waals surface area contributed by atoms with Crippen LogP contribution in [0.2, 0.25) is 0 Å². The number of H-pyrrole nitrogens is 1. The molecule has 122 valence electrons. The van der Waals surface area contributed by atoms with Crippen LogP contribution in [0.1, 0.15) is 33.3 Å². The lowest BCUT2D eigenvalue weighted by Gasteiger charge is -2.09. The Morgan fingerprint density at radius 2 is 1.82 bits per heavy atom. The predicted molar refractivity (Wildman–Crippen MR) is 90.2 cm³/mol. The van der Waals surface area contributed by atoms with E-state index < -0.39 is 5.82 Å². The molecule has 0 aliphatic rings. The van der Waals surface area contributed by atoms with Gasteiger partial charge in [0.25, 0.3) is 0 Å². The normalized spacial score (nSPS) is 10.0. The van der Waals surface area contributed by atoms with Gasteiger partial charge in [0.2, 0.25) is 0 Å². The first-order valence-corrected chi connectivity index (χ1v) is 7.23. The minimum absolute atomic E-state index is 0.175. The molecule has 0 fully saturated rings. The highest BCUT2D eigenvalue weighted by atomic mass is 19.1. The highest BCUT2D eigenvalue weighted by molar-refractivity contribution is 5.99. The van der Waals surface area contributed by atoms with Crippen molar-refractivity contribution in [1.29, 1.82) is 0 Å². The lowest BCUT2D eigenvalue weighted by molar-refractivity contribution is 0.621. The van der Waals surface area contributed by atoms with Crippen molar-refractivity contribution < 1.29 is 4.39 Å². The first-order chi connectivity index (χ1) is 10.6. The van der Waals surface area contributed by atoms with Crippen molar-refractivity contribution in [2.75, 3.05) is 19.0 Å². The van der Waals surface area contributed by atoms with Gasteiger partial charge in [0, 0.05) is 25.9 Å². The van der Waals surface area contributed by atoms with Crippen molar-refractivity contribution in [3.05, 3.63) is 36.0 Å². The van der Waals surface area contributed by atoms with Crippen molar-refractivity contribution in [3.63, 3.8) is 0 Å². The molecule has 0 radical (unpaired) electrons. The zero-order valence-electron chi connectivity index (χ0n) is 14.1. The van der Waals surface area contributed by atoms with Crippen LogP contribution in [0.25, 0.3) is 0 Å². The molecule has 0 aliphatic carbocycles. The molecule has 3 N–H and O–H groups in total. The second-order valence-electron chi connectivity index (χ2n) is 3.89. The summed E-state index contributed by atoms with van der Waals surface area (Å²) in [4.78, 5) is 9.75. The van der Waals surface area contributed by atoms with Crippen molar-refractivity contribution in [2.45, 2.75) is 27.7 Å². The smallest absolute Gasteiger partial charge is 0.173 e. The molecule has 7 heteroatoms. The molecular formula is C15H25FN6. The predicted octanol–water partition coefficient (Wildman–Crippen LogP) is 3.10. The third-order valence-electron chi connectivity index (χ3n) is 2.31. The van der Waals surface area contributed by atoms with Gasteiger partial charge in [-0.05, 0) is 6.07 Å². The van der Waals surface area contributed by atoms with Crippen LogP contribution in [0.15, 0.2) is 29.6 Å². The summed E-state index contributed by atoms with van der Waals surface area (Å²) in [6.45, 7) is 8.00. The third-order valence-corrected chi connectivity index (χ3v) is 2.31. The minimum atomic E-state index is -0.455. The molecule has 0 aromatic carbocycles.